The van der Waals surface area contributed by atoms with Crippen molar-refractivity contribution in [1.29, 1.82) is 0 Å². The van der Waals surface area contributed by atoms with Gasteiger partial charge in [-0.3, -0.25) is 0 Å². The SMILES string of the molecule is CC(C)(C)c1ccc(-c2nc(-c3ccc(-c4ccccc4-n4c5ccccc5c5ccccc54)cc3)nc(-c3cccc4c3sc3ccccc34)n2)cc1. The van der Waals surface area contributed by atoms with Crippen molar-refractivity contribution in [2.45, 2.75) is 26.2 Å². The maximum absolute atomic E-state index is 5.19. The highest BCUT2D eigenvalue weighted by atomic mass is 32.1. The van der Waals surface area contributed by atoms with Crippen LogP contribution in [0.1, 0.15) is 26.3 Å². The topological polar surface area (TPSA) is 43.6 Å². The minimum Gasteiger partial charge on any atom is -0.309 e. The van der Waals surface area contributed by atoms with Crippen molar-refractivity contribution in [3.05, 3.63) is 169 Å². The van der Waals surface area contributed by atoms with Crippen LogP contribution in [0.15, 0.2) is 164 Å². The quantitative estimate of drug-likeness (QED) is 0.178. The lowest BCUT2D eigenvalue weighted by Crippen LogP contribution is -2.10. The zero-order valence-electron chi connectivity index (χ0n) is 30.3. The van der Waals surface area contributed by atoms with Gasteiger partial charge in [0.1, 0.15) is 0 Å². The van der Waals surface area contributed by atoms with Crippen molar-refractivity contribution in [2.24, 2.45) is 0 Å². The molecule has 0 spiro atoms. The van der Waals surface area contributed by atoms with E-state index in [1.165, 1.54) is 47.5 Å². The van der Waals surface area contributed by atoms with E-state index in [9.17, 15) is 0 Å². The molecule has 4 nitrogen and oxygen atoms in total. The van der Waals surface area contributed by atoms with E-state index in [1.54, 1.807) is 11.3 Å². The van der Waals surface area contributed by atoms with Crippen LogP contribution >= 0.6 is 11.3 Å². The Kier molecular flexibility index (Phi) is 7.53. The second-order valence-corrected chi connectivity index (χ2v) is 15.9. The first-order valence-electron chi connectivity index (χ1n) is 18.4. The fraction of sp³-hybridized carbons (Fsp3) is 0.0816. The van der Waals surface area contributed by atoms with E-state index in [0.29, 0.717) is 17.5 Å². The summed E-state index contributed by atoms with van der Waals surface area (Å²) in [6.07, 6.45) is 0. The van der Waals surface area contributed by atoms with Crippen LogP contribution in [0.25, 0.3) is 93.0 Å². The highest BCUT2D eigenvalue weighted by molar-refractivity contribution is 7.26. The molecule has 258 valence electrons. The van der Waals surface area contributed by atoms with Gasteiger partial charge in [0.05, 0.1) is 16.7 Å². The van der Waals surface area contributed by atoms with Gasteiger partial charge in [0.25, 0.3) is 0 Å². The van der Waals surface area contributed by atoms with Gasteiger partial charge in [-0.05, 0) is 46.9 Å². The van der Waals surface area contributed by atoms with E-state index in [0.717, 1.165) is 33.5 Å². The minimum atomic E-state index is 0.0483. The molecule has 5 heteroatoms. The van der Waals surface area contributed by atoms with Gasteiger partial charge in [-0.2, -0.15) is 0 Å². The zero-order valence-corrected chi connectivity index (χ0v) is 31.1. The Morgan fingerprint density at radius 3 is 1.59 bits per heavy atom. The molecule has 0 amide bonds. The Labute approximate surface area is 318 Å². The molecule has 0 N–H and O–H groups in total. The summed E-state index contributed by atoms with van der Waals surface area (Å²) in [7, 11) is 0. The van der Waals surface area contributed by atoms with Gasteiger partial charge < -0.3 is 4.57 Å². The van der Waals surface area contributed by atoms with Crippen molar-refractivity contribution in [1.82, 2.24) is 19.5 Å². The van der Waals surface area contributed by atoms with E-state index in [2.05, 4.69) is 189 Å². The largest absolute Gasteiger partial charge is 0.309 e. The molecule has 0 atom stereocenters. The molecule has 7 aromatic carbocycles. The van der Waals surface area contributed by atoms with E-state index < -0.39 is 0 Å². The first-order valence-corrected chi connectivity index (χ1v) is 19.2. The summed E-state index contributed by atoms with van der Waals surface area (Å²) in [5, 5.41) is 4.97. The molecule has 0 aliphatic heterocycles. The summed E-state index contributed by atoms with van der Waals surface area (Å²) in [6.45, 7) is 6.70. The molecule has 54 heavy (non-hydrogen) atoms. The molecule has 3 heterocycles. The fourth-order valence-corrected chi connectivity index (χ4v) is 8.90. The standard InChI is InChI=1S/C49H36N4S/c1-49(2,3)34-29-27-33(28-30-34)47-50-46(51-48(52-47)40-18-12-17-39-38-16-7-11-22-44(38)54-45(39)40)32-25-23-31(24-26-32)35-13-4-8-19-41(35)53-42-20-9-5-14-36(42)37-15-6-10-21-43(37)53/h4-30H,1-3H3. The zero-order chi connectivity index (χ0) is 36.4. The lowest BCUT2D eigenvalue weighted by atomic mass is 9.87. The molecule has 0 radical (unpaired) electrons. The lowest BCUT2D eigenvalue weighted by Gasteiger charge is -2.19. The molecule has 0 fully saturated rings. The lowest BCUT2D eigenvalue weighted by molar-refractivity contribution is 0.590. The van der Waals surface area contributed by atoms with Gasteiger partial charge in [0, 0.05) is 53.2 Å². The number of para-hydroxylation sites is 3. The first-order chi connectivity index (χ1) is 26.4. The molecular weight excluding hydrogens is 677 g/mol. The Morgan fingerprint density at radius 2 is 0.926 bits per heavy atom. The van der Waals surface area contributed by atoms with Crippen molar-refractivity contribution < 1.29 is 0 Å². The Balaban J connectivity index is 1.11. The van der Waals surface area contributed by atoms with Gasteiger partial charge >= 0.3 is 0 Å². The third-order valence-electron chi connectivity index (χ3n) is 10.5. The number of thiophene rings is 1. The molecule has 3 aromatic heterocycles. The molecule has 0 aliphatic carbocycles. The monoisotopic (exact) mass is 712 g/mol. The second-order valence-electron chi connectivity index (χ2n) is 14.9. The highest BCUT2D eigenvalue weighted by Crippen LogP contribution is 2.40. The van der Waals surface area contributed by atoms with Crippen molar-refractivity contribution in [2.75, 3.05) is 0 Å². The number of nitrogens with zero attached hydrogens (tertiary/aromatic N) is 4. The summed E-state index contributed by atoms with van der Waals surface area (Å²) >= 11 is 1.79. The summed E-state index contributed by atoms with van der Waals surface area (Å²) < 4.78 is 4.82. The van der Waals surface area contributed by atoms with Gasteiger partial charge in [-0.1, -0.05) is 154 Å². The van der Waals surface area contributed by atoms with Crippen molar-refractivity contribution in [3.8, 4) is 51.0 Å². The minimum absolute atomic E-state index is 0.0483. The predicted molar refractivity (Wildman–Crippen MR) is 227 cm³/mol. The number of rotatable bonds is 5. The average Bonchev–Trinajstić information content (AvgIpc) is 3.77. The van der Waals surface area contributed by atoms with Crippen LogP contribution in [0.3, 0.4) is 0 Å². The van der Waals surface area contributed by atoms with Crippen LogP contribution in [0.5, 0.6) is 0 Å². The first kappa shape index (κ1) is 32.2. The van der Waals surface area contributed by atoms with Crippen LogP contribution in [-0.4, -0.2) is 19.5 Å². The van der Waals surface area contributed by atoms with E-state index in [1.807, 2.05) is 0 Å². The molecule has 0 unspecified atom stereocenters. The van der Waals surface area contributed by atoms with Gasteiger partial charge in [0.2, 0.25) is 0 Å². The average molecular weight is 713 g/mol. The summed E-state index contributed by atoms with van der Waals surface area (Å²) in [6, 6.07) is 58.3. The summed E-state index contributed by atoms with van der Waals surface area (Å²) in [4.78, 5) is 15.5. The smallest absolute Gasteiger partial charge is 0.165 e. The molecule has 10 rings (SSSR count). The molecule has 0 aliphatic rings. The number of hydrogen-bond acceptors (Lipinski definition) is 4. The second kappa shape index (κ2) is 12.6. The van der Waals surface area contributed by atoms with Crippen molar-refractivity contribution in [3.63, 3.8) is 0 Å². The number of benzene rings is 7. The Morgan fingerprint density at radius 1 is 0.426 bits per heavy atom. The molecule has 0 bridgehead atoms. The van der Waals surface area contributed by atoms with E-state index in [4.69, 9.17) is 15.0 Å². The van der Waals surface area contributed by atoms with Gasteiger partial charge in [-0.25, -0.2) is 15.0 Å². The Bertz CT molecular complexity index is 2960. The maximum atomic E-state index is 5.19. The van der Waals surface area contributed by atoms with Gasteiger partial charge in [0.15, 0.2) is 17.5 Å². The van der Waals surface area contributed by atoms with E-state index in [-0.39, 0.29) is 5.41 Å². The normalized spacial score (nSPS) is 12.0. The number of fused-ring (bicyclic) bond motifs is 6. The summed E-state index contributed by atoms with van der Waals surface area (Å²) in [5.74, 6) is 1.98. The molecule has 0 saturated carbocycles. The van der Waals surface area contributed by atoms with Crippen LogP contribution in [0.2, 0.25) is 0 Å². The molecule has 0 saturated heterocycles. The number of hydrogen-bond donors (Lipinski definition) is 0. The predicted octanol–water partition coefficient (Wildman–Crippen LogP) is 13.3. The summed E-state index contributed by atoms with van der Waals surface area (Å²) in [5.41, 5.74) is 10.0. The van der Waals surface area contributed by atoms with Crippen molar-refractivity contribution >= 4 is 53.3 Å². The third kappa shape index (κ3) is 5.39. The van der Waals surface area contributed by atoms with Crippen LogP contribution in [0.4, 0.5) is 0 Å². The maximum Gasteiger partial charge on any atom is 0.165 e. The highest BCUT2D eigenvalue weighted by Gasteiger charge is 2.19. The third-order valence-corrected chi connectivity index (χ3v) is 11.7. The van der Waals surface area contributed by atoms with E-state index >= 15 is 0 Å². The molecule has 10 aromatic rings. The fourth-order valence-electron chi connectivity index (χ4n) is 7.69. The van der Waals surface area contributed by atoms with Crippen LogP contribution in [0, 0.1) is 0 Å². The molecular formula is C49H36N4S. The van der Waals surface area contributed by atoms with Gasteiger partial charge in [-0.15, -0.1) is 11.3 Å². The van der Waals surface area contributed by atoms with Crippen LogP contribution < -0.4 is 0 Å². The Hall–Kier alpha value is -6.43. The van der Waals surface area contributed by atoms with Crippen LogP contribution in [-0.2, 0) is 5.41 Å². The number of aromatic nitrogens is 4.